The third kappa shape index (κ3) is 4.11. The number of halogens is 1. The molecule has 1 N–H and O–H groups in total. The zero-order valence-electron chi connectivity index (χ0n) is 14.7. The van der Waals surface area contributed by atoms with E-state index in [0.717, 1.165) is 5.56 Å². The van der Waals surface area contributed by atoms with Crippen molar-refractivity contribution in [3.63, 3.8) is 0 Å². The minimum atomic E-state index is -0.342. The molecule has 1 aromatic heterocycles. The van der Waals surface area contributed by atoms with Crippen LogP contribution in [-0.4, -0.2) is 53.1 Å². The van der Waals surface area contributed by atoms with Gasteiger partial charge in [0.05, 0.1) is 0 Å². The quantitative estimate of drug-likeness (QED) is 0.893. The Bertz CT molecular complexity index is 817. The fraction of sp³-hybridized carbons (Fsp3) is 0.333. The van der Waals surface area contributed by atoms with E-state index in [1.165, 1.54) is 0 Å². The number of aromatic nitrogens is 2. The predicted molar refractivity (Wildman–Crippen MR) is 101 cm³/mol. The summed E-state index contributed by atoms with van der Waals surface area (Å²) in [5, 5.41) is 11.5. The van der Waals surface area contributed by atoms with E-state index in [1.807, 2.05) is 17.9 Å². The van der Waals surface area contributed by atoms with Gasteiger partial charge >= 0.3 is 0 Å². The minimum Gasteiger partial charge on any atom is -0.352 e. The monoisotopic (exact) mass is 373 g/mol. The number of nitrogens with one attached hydrogen (secondary N) is 1. The molecule has 0 bridgehead atoms. The maximum atomic E-state index is 12.3. The van der Waals surface area contributed by atoms with Gasteiger partial charge < -0.3 is 15.1 Å². The van der Waals surface area contributed by atoms with Gasteiger partial charge in [-0.1, -0.05) is 17.7 Å². The number of carbonyl (C=O) groups excluding carboxylic acids is 2. The Kier molecular flexibility index (Phi) is 5.37. The number of hydrogen-bond acceptors (Lipinski definition) is 5. The largest absolute Gasteiger partial charge is 0.352 e. The highest BCUT2D eigenvalue weighted by Crippen LogP contribution is 2.20. The van der Waals surface area contributed by atoms with Crippen LogP contribution in [0, 0.1) is 6.92 Å². The molecule has 136 valence electrons. The highest BCUT2D eigenvalue weighted by atomic mass is 35.5. The zero-order chi connectivity index (χ0) is 18.7. The second kappa shape index (κ2) is 7.70. The highest BCUT2D eigenvalue weighted by Gasteiger charge is 2.20. The Hall–Kier alpha value is -2.67. The van der Waals surface area contributed by atoms with E-state index < -0.39 is 0 Å². The minimum absolute atomic E-state index is 0.0824. The predicted octanol–water partition coefficient (Wildman–Crippen LogP) is 2.36. The summed E-state index contributed by atoms with van der Waals surface area (Å²) in [5.74, 6) is 0.437. The van der Waals surface area contributed by atoms with E-state index in [-0.39, 0.29) is 17.5 Å². The van der Waals surface area contributed by atoms with Gasteiger partial charge in [0.1, 0.15) is 0 Å². The molecule has 0 radical (unpaired) electrons. The summed E-state index contributed by atoms with van der Waals surface area (Å²) < 4.78 is 0. The summed E-state index contributed by atoms with van der Waals surface area (Å²) in [6, 6.07) is 8.74. The van der Waals surface area contributed by atoms with Crippen molar-refractivity contribution in [1.82, 2.24) is 15.1 Å². The first-order valence-corrected chi connectivity index (χ1v) is 8.73. The molecule has 8 heteroatoms. The fourth-order valence-electron chi connectivity index (χ4n) is 2.73. The number of amides is 2. The molecule has 0 spiro atoms. The van der Waals surface area contributed by atoms with Gasteiger partial charge in [0, 0.05) is 43.8 Å². The average molecular weight is 374 g/mol. The molecule has 1 aromatic carbocycles. The van der Waals surface area contributed by atoms with E-state index in [0.29, 0.717) is 42.7 Å². The summed E-state index contributed by atoms with van der Waals surface area (Å²) in [6.45, 7) is 6.18. The van der Waals surface area contributed by atoms with Crippen LogP contribution >= 0.6 is 11.6 Å². The molecule has 3 rings (SSSR count). The van der Waals surface area contributed by atoms with Crippen LogP contribution in [0.2, 0.25) is 5.02 Å². The fourth-order valence-corrected chi connectivity index (χ4v) is 2.91. The van der Waals surface area contributed by atoms with E-state index in [9.17, 15) is 9.59 Å². The average Bonchev–Trinajstić information content (AvgIpc) is 2.65. The van der Waals surface area contributed by atoms with Gasteiger partial charge in [-0.05, 0) is 36.8 Å². The van der Waals surface area contributed by atoms with Crippen molar-refractivity contribution in [3.8, 4) is 0 Å². The summed E-state index contributed by atoms with van der Waals surface area (Å²) >= 11 is 6.07. The maximum Gasteiger partial charge on any atom is 0.276 e. The zero-order valence-corrected chi connectivity index (χ0v) is 15.5. The molecule has 2 heterocycles. The Morgan fingerprint density at radius 1 is 1.08 bits per heavy atom. The van der Waals surface area contributed by atoms with E-state index in [1.54, 1.807) is 36.1 Å². The van der Waals surface area contributed by atoms with Gasteiger partial charge in [-0.25, -0.2) is 0 Å². The van der Waals surface area contributed by atoms with Gasteiger partial charge in [0.2, 0.25) is 5.91 Å². The lowest BCUT2D eigenvalue weighted by Crippen LogP contribution is -2.48. The van der Waals surface area contributed by atoms with Gasteiger partial charge in [-0.15, -0.1) is 10.2 Å². The number of benzene rings is 1. The molecule has 1 fully saturated rings. The molecule has 0 saturated carbocycles. The van der Waals surface area contributed by atoms with Crippen LogP contribution in [0.1, 0.15) is 23.0 Å². The third-order valence-electron chi connectivity index (χ3n) is 4.36. The van der Waals surface area contributed by atoms with Crippen molar-refractivity contribution in [3.05, 3.63) is 46.6 Å². The Balaban J connectivity index is 1.63. The second-order valence-electron chi connectivity index (χ2n) is 6.19. The summed E-state index contributed by atoms with van der Waals surface area (Å²) in [5.41, 5.74) is 1.78. The molecular weight excluding hydrogens is 354 g/mol. The van der Waals surface area contributed by atoms with Crippen molar-refractivity contribution in [1.29, 1.82) is 0 Å². The van der Waals surface area contributed by atoms with Crippen LogP contribution in [0.25, 0.3) is 0 Å². The topological polar surface area (TPSA) is 78.4 Å². The molecule has 0 atom stereocenters. The van der Waals surface area contributed by atoms with Crippen LogP contribution in [0.5, 0.6) is 0 Å². The first-order valence-electron chi connectivity index (χ1n) is 8.36. The first-order chi connectivity index (χ1) is 12.4. The van der Waals surface area contributed by atoms with Crippen molar-refractivity contribution >= 4 is 34.9 Å². The normalized spacial score (nSPS) is 14.3. The molecule has 0 aliphatic carbocycles. The smallest absolute Gasteiger partial charge is 0.276 e. The number of nitrogens with zero attached hydrogens (tertiary/aromatic N) is 4. The molecule has 0 unspecified atom stereocenters. The van der Waals surface area contributed by atoms with Crippen LogP contribution in [0.4, 0.5) is 11.5 Å². The lowest BCUT2D eigenvalue weighted by molar-refractivity contribution is -0.129. The van der Waals surface area contributed by atoms with Gasteiger partial charge in [-0.3, -0.25) is 9.59 Å². The summed E-state index contributed by atoms with van der Waals surface area (Å²) in [7, 11) is 0. The maximum absolute atomic E-state index is 12.3. The molecule has 7 nitrogen and oxygen atoms in total. The molecule has 26 heavy (non-hydrogen) atoms. The molecule has 1 saturated heterocycles. The van der Waals surface area contributed by atoms with Crippen LogP contribution < -0.4 is 10.2 Å². The number of hydrogen-bond donors (Lipinski definition) is 1. The number of carbonyl (C=O) groups is 2. The van der Waals surface area contributed by atoms with E-state index >= 15 is 0 Å². The number of aryl methyl sites for hydroxylation is 1. The molecular formula is C18H20ClN5O2. The first kappa shape index (κ1) is 18.1. The van der Waals surface area contributed by atoms with Gasteiger partial charge in [0.25, 0.3) is 5.91 Å². The van der Waals surface area contributed by atoms with Gasteiger partial charge in [0.15, 0.2) is 11.5 Å². The number of piperazine rings is 1. The van der Waals surface area contributed by atoms with Crippen LogP contribution in [0.3, 0.4) is 0 Å². The van der Waals surface area contributed by atoms with Gasteiger partial charge in [-0.2, -0.15) is 0 Å². The summed E-state index contributed by atoms with van der Waals surface area (Å²) in [4.78, 5) is 27.5. The van der Waals surface area contributed by atoms with Crippen molar-refractivity contribution in [2.24, 2.45) is 0 Å². The van der Waals surface area contributed by atoms with E-state index in [2.05, 4.69) is 15.5 Å². The van der Waals surface area contributed by atoms with Crippen LogP contribution in [-0.2, 0) is 4.79 Å². The Morgan fingerprint density at radius 3 is 2.38 bits per heavy atom. The molecule has 2 amide bonds. The SMILES string of the molecule is CC(=O)N1CCN(c2ccc(C(=O)Nc3ccc(C)c(Cl)c3)nn2)CC1. The molecule has 1 aliphatic rings. The van der Waals surface area contributed by atoms with E-state index in [4.69, 9.17) is 11.6 Å². The van der Waals surface area contributed by atoms with Crippen molar-refractivity contribution in [2.45, 2.75) is 13.8 Å². The second-order valence-corrected chi connectivity index (χ2v) is 6.60. The Labute approximate surface area is 157 Å². The van der Waals surface area contributed by atoms with Crippen molar-refractivity contribution < 1.29 is 9.59 Å². The number of anilines is 2. The number of rotatable bonds is 3. The molecule has 2 aromatic rings. The summed E-state index contributed by atoms with van der Waals surface area (Å²) in [6.07, 6.45) is 0. The Morgan fingerprint density at radius 2 is 1.81 bits per heavy atom. The van der Waals surface area contributed by atoms with Crippen molar-refractivity contribution in [2.75, 3.05) is 36.4 Å². The third-order valence-corrected chi connectivity index (χ3v) is 4.77. The highest BCUT2D eigenvalue weighted by molar-refractivity contribution is 6.31. The standard InChI is InChI=1S/C18H20ClN5O2/c1-12-3-4-14(11-15(12)19)20-18(26)16-5-6-17(22-21-16)24-9-7-23(8-10-24)13(2)25/h3-6,11H,7-10H2,1-2H3,(H,20,26). The lowest BCUT2D eigenvalue weighted by atomic mass is 10.2. The lowest BCUT2D eigenvalue weighted by Gasteiger charge is -2.34. The molecule has 1 aliphatic heterocycles. The van der Waals surface area contributed by atoms with Crippen LogP contribution in [0.15, 0.2) is 30.3 Å².